The van der Waals surface area contributed by atoms with Crippen molar-refractivity contribution in [3.05, 3.63) is 29.1 Å². The lowest BCUT2D eigenvalue weighted by molar-refractivity contribution is 0.138. The number of likely N-dealkylation sites (tertiary alicyclic amines) is 1. The van der Waals surface area contributed by atoms with E-state index >= 15 is 0 Å². The van der Waals surface area contributed by atoms with Crippen molar-refractivity contribution in [2.75, 3.05) is 12.3 Å². The number of hydrogen-bond donors (Lipinski definition) is 1. The molecule has 0 spiro atoms. The second-order valence-corrected chi connectivity index (χ2v) is 7.35. The third kappa shape index (κ3) is 4.17. The average Bonchev–Trinajstić information content (AvgIpc) is 3.04. The molecule has 0 bridgehead atoms. The van der Waals surface area contributed by atoms with Gasteiger partial charge in [-0.2, -0.15) is 17.2 Å². The van der Waals surface area contributed by atoms with Crippen molar-refractivity contribution in [3.8, 4) is 5.75 Å². The first-order chi connectivity index (χ1) is 12.0. The van der Waals surface area contributed by atoms with E-state index in [9.17, 15) is 35.2 Å². The average molecular weight is 403 g/mol. The van der Waals surface area contributed by atoms with E-state index in [0.29, 0.717) is 19.4 Å². The number of halogens is 5. The second-order valence-electron chi connectivity index (χ2n) is 5.66. The fourth-order valence-electron chi connectivity index (χ4n) is 2.71. The molecule has 6 nitrogen and oxygen atoms in total. The maximum atomic E-state index is 13.5. The largest absolute Gasteiger partial charge is 0.465 e. The molecule has 0 aromatic heterocycles. The molecule has 146 valence electrons. The second kappa shape index (κ2) is 7.64. The van der Waals surface area contributed by atoms with Gasteiger partial charge in [0.15, 0.2) is 0 Å². The number of rotatable bonds is 6. The molecule has 1 aliphatic rings. The Morgan fingerprint density at radius 2 is 1.62 bits per heavy atom. The monoisotopic (exact) mass is 403 g/mol. The summed E-state index contributed by atoms with van der Waals surface area (Å²) in [6.45, 7) is 0.313. The minimum absolute atomic E-state index is 0.119. The van der Waals surface area contributed by atoms with Crippen LogP contribution in [-0.4, -0.2) is 42.9 Å². The van der Waals surface area contributed by atoms with E-state index in [1.807, 2.05) is 0 Å². The van der Waals surface area contributed by atoms with Crippen molar-refractivity contribution < 1.29 is 44.5 Å². The summed E-state index contributed by atoms with van der Waals surface area (Å²) in [7, 11) is -4.66. The Balaban J connectivity index is 2.05. The van der Waals surface area contributed by atoms with Crippen LogP contribution >= 0.6 is 0 Å². The first-order valence-corrected chi connectivity index (χ1v) is 9.06. The van der Waals surface area contributed by atoms with Gasteiger partial charge < -0.3 is 14.2 Å². The highest BCUT2D eigenvalue weighted by Gasteiger charge is 2.31. The predicted molar refractivity (Wildman–Crippen MR) is 77.6 cm³/mol. The number of amides is 1. The van der Waals surface area contributed by atoms with Crippen LogP contribution < -0.4 is 4.18 Å². The van der Waals surface area contributed by atoms with Crippen molar-refractivity contribution in [1.82, 2.24) is 4.90 Å². The van der Waals surface area contributed by atoms with Crippen LogP contribution in [0.15, 0.2) is 0 Å². The molecule has 1 N–H and O–H groups in total. The Bertz CT molecular complexity index is 787. The van der Waals surface area contributed by atoms with Gasteiger partial charge >= 0.3 is 16.2 Å². The number of hydrogen-bond acceptors (Lipinski definition) is 4. The van der Waals surface area contributed by atoms with E-state index in [1.54, 1.807) is 0 Å². The summed E-state index contributed by atoms with van der Waals surface area (Å²) in [4.78, 5) is 12.1. The summed E-state index contributed by atoms with van der Waals surface area (Å²) in [5.41, 5.74) is 0. The zero-order chi connectivity index (χ0) is 19.6. The zero-order valence-corrected chi connectivity index (χ0v) is 14.0. The standard InChI is InChI=1S/C14H14F5NO5S/c15-8-9(16)11(18)13(12(19)10(8)17)25-26(23,24)6-2-4-7-3-1-5-20(7)14(21)22/h7H,1-6H2,(H,21,22). The van der Waals surface area contributed by atoms with Crippen LogP contribution in [0.1, 0.15) is 25.7 Å². The van der Waals surface area contributed by atoms with Gasteiger partial charge in [0.2, 0.25) is 34.8 Å². The highest BCUT2D eigenvalue weighted by atomic mass is 32.2. The van der Waals surface area contributed by atoms with Crippen molar-refractivity contribution in [3.63, 3.8) is 0 Å². The third-order valence-corrected chi connectivity index (χ3v) is 5.14. The number of nitrogens with zero attached hydrogens (tertiary/aromatic N) is 1. The van der Waals surface area contributed by atoms with Gasteiger partial charge in [-0.3, -0.25) is 0 Å². The molecular formula is C14H14F5NO5S. The Labute approximate surface area is 145 Å². The van der Waals surface area contributed by atoms with E-state index < -0.39 is 62.8 Å². The van der Waals surface area contributed by atoms with Crippen LogP contribution in [0.4, 0.5) is 26.7 Å². The minimum Gasteiger partial charge on any atom is -0.465 e. The molecule has 0 radical (unpaired) electrons. The van der Waals surface area contributed by atoms with E-state index in [2.05, 4.69) is 4.18 Å². The Hall–Kier alpha value is -2.11. The molecule has 1 heterocycles. The normalized spacial score (nSPS) is 17.6. The van der Waals surface area contributed by atoms with Crippen LogP contribution in [0.3, 0.4) is 0 Å². The molecule has 26 heavy (non-hydrogen) atoms. The molecule has 12 heteroatoms. The third-order valence-electron chi connectivity index (χ3n) is 3.93. The molecule has 2 rings (SSSR count). The van der Waals surface area contributed by atoms with Gasteiger partial charge in [-0.05, 0) is 25.7 Å². The van der Waals surface area contributed by atoms with Gasteiger partial charge in [-0.25, -0.2) is 18.0 Å². The van der Waals surface area contributed by atoms with E-state index in [4.69, 9.17) is 5.11 Å². The summed E-state index contributed by atoms with van der Waals surface area (Å²) >= 11 is 0. The molecule has 1 fully saturated rings. The molecule has 0 aliphatic carbocycles. The zero-order valence-electron chi connectivity index (χ0n) is 13.1. The number of benzene rings is 1. The topological polar surface area (TPSA) is 83.9 Å². The van der Waals surface area contributed by atoms with Gasteiger partial charge in [-0.1, -0.05) is 0 Å². The predicted octanol–water partition coefficient (Wildman–Crippen LogP) is 3.01. The van der Waals surface area contributed by atoms with Crippen molar-refractivity contribution >= 4 is 16.2 Å². The van der Waals surface area contributed by atoms with Gasteiger partial charge in [0, 0.05) is 12.6 Å². The highest BCUT2D eigenvalue weighted by molar-refractivity contribution is 7.87. The Morgan fingerprint density at radius 1 is 1.08 bits per heavy atom. The summed E-state index contributed by atoms with van der Waals surface area (Å²) in [6.07, 6.45) is 0.0290. The molecule has 1 atom stereocenters. The first kappa shape index (κ1) is 20.2. The summed E-state index contributed by atoms with van der Waals surface area (Å²) in [6, 6.07) is -0.406. The lowest BCUT2D eigenvalue weighted by Gasteiger charge is -2.21. The molecule has 1 aromatic carbocycles. The maximum absolute atomic E-state index is 13.5. The van der Waals surface area contributed by atoms with Crippen molar-refractivity contribution in [2.24, 2.45) is 0 Å². The number of carbonyl (C=O) groups is 1. The Morgan fingerprint density at radius 3 is 2.15 bits per heavy atom. The van der Waals surface area contributed by atoms with Crippen LogP contribution in [0.5, 0.6) is 5.75 Å². The fourth-order valence-corrected chi connectivity index (χ4v) is 3.71. The van der Waals surface area contributed by atoms with E-state index in [1.165, 1.54) is 0 Å². The van der Waals surface area contributed by atoms with Crippen LogP contribution in [0, 0.1) is 29.1 Å². The van der Waals surface area contributed by atoms with Gasteiger partial charge in [0.1, 0.15) is 0 Å². The molecule has 1 amide bonds. The van der Waals surface area contributed by atoms with Gasteiger partial charge in [-0.15, -0.1) is 0 Å². The van der Waals surface area contributed by atoms with Crippen molar-refractivity contribution in [1.29, 1.82) is 0 Å². The maximum Gasteiger partial charge on any atom is 0.407 e. The summed E-state index contributed by atoms with van der Waals surface area (Å²) in [5.74, 6) is -14.5. The molecule has 1 saturated heterocycles. The van der Waals surface area contributed by atoms with Crippen molar-refractivity contribution in [2.45, 2.75) is 31.7 Å². The minimum atomic E-state index is -4.66. The Kier molecular flexibility index (Phi) is 5.94. The molecular weight excluding hydrogens is 389 g/mol. The SMILES string of the molecule is O=C(O)N1CCCC1CCCS(=O)(=O)Oc1c(F)c(F)c(F)c(F)c1F. The van der Waals surface area contributed by atoms with E-state index in [-0.39, 0.29) is 12.8 Å². The molecule has 1 unspecified atom stereocenters. The lowest BCUT2D eigenvalue weighted by atomic mass is 10.1. The fraction of sp³-hybridized carbons (Fsp3) is 0.500. The highest BCUT2D eigenvalue weighted by Crippen LogP contribution is 2.30. The smallest absolute Gasteiger partial charge is 0.407 e. The molecule has 1 aromatic rings. The van der Waals surface area contributed by atoms with Gasteiger partial charge in [0.25, 0.3) is 0 Å². The van der Waals surface area contributed by atoms with E-state index in [0.717, 1.165) is 4.90 Å². The van der Waals surface area contributed by atoms with Crippen LogP contribution in [0.25, 0.3) is 0 Å². The van der Waals surface area contributed by atoms with Crippen LogP contribution in [-0.2, 0) is 10.1 Å². The summed E-state index contributed by atoms with van der Waals surface area (Å²) < 4.78 is 93.6. The first-order valence-electron chi connectivity index (χ1n) is 7.48. The summed E-state index contributed by atoms with van der Waals surface area (Å²) in [5, 5.41) is 8.97. The quantitative estimate of drug-likeness (QED) is 0.342. The van der Waals surface area contributed by atoms with Gasteiger partial charge in [0.05, 0.1) is 5.75 Å². The molecule has 1 aliphatic heterocycles. The molecule has 0 saturated carbocycles. The number of carboxylic acid groups (broad SMARTS) is 1. The van der Waals surface area contributed by atoms with Crippen LogP contribution in [0.2, 0.25) is 0 Å². The lowest BCUT2D eigenvalue weighted by Crippen LogP contribution is -2.34.